The summed E-state index contributed by atoms with van der Waals surface area (Å²) < 4.78 is 13.1. The Morgan fingerprint density at radius 3 is 2.79 bits per heavy atom. The van der Waals surface area contributed by atoms with E-state index in [1.54, 1.807) is 24.4 Å². The summed E-state index contributed by atoms with van der Waals surface area (Å²) in [5, 5.41) is 12.1. The number of anilines is 1. The molecule has 0 bridgehead atoms. The minimum atomic E-state index is -1.01. The summed E-state index contributed by atoms with van der Waals surface area (Å²) in [7, 11) is 0. The molecule has 2 rings (SSSR count). The van der Waals surface area contributed by atoms with E-state index < -0.39 is 11.8 Å². The molecule has 0 aliphatic rings. The number of halogens is 1. The number of carboxylic acids is 1. The van der Waals surface area contributed by atoms with E-state index in [0.717, 1.165) is 6.20 Å². The predicted octanol–water partition coefficient (Wildman–Crippen LogP) is 3.09. The highest BCUT2D eigenvalue weighted by Crippen LogP contribution is 2.22. The number of aromatic carboxylic acids is 1. The smallest absolute Gasteiger partial charge is 0.337 e. The van der Waals surface area contributed by atoms with Crippen molar-refractivity contribution in [3.8, 4) is 0 Å². The van der Waals surface area contributed by atoms with Gasteiger partial charge in [-0.25, -0.2) is 9.18 Å². The molecule has 2 N–H and O–H groups in total. The molecule has 0 radical (unpaired) electrons. The molecule has 98 valence electrons. The SMILES string of the molecule is CC(Nc1ccccc1C(=O)O)c1cncc(F)c1. The first-order chi connectivity index (χ1) is 9.08. The molecule has 0 aliphatic heterocycles. The van der Waals surface area contributed by atoms with Gasteiger partial charge in [-0.3, -0.25) is 4.98 Å². The van der Waals surface area contributed by atoms with Gasteiger partial charge in [-0.2, -0.15) is 0 Å². The van der Waals surface area contributed by atoms with Crippen molar-refractivity contribution in [1.29, 1.82) is 0 Å². The molecule has 0 amide bonds. The van der Waals surface area contributed by atoms with Crippen molar-refractivity contribution in [2.75, 3.05) is 5.32 Å². The Kier molecular flexibility index (Phi) is 3.75. The van der Waals surface area contributed by atoms with E-state index in [0.29, 0.717) is 11.3 Å². The summed E-state index contributed by atoms with van der Waals surface area (Å²) in [5.74, 6) is -1.43. The van der Waals surface area contributed by atoms with Crippen LogP contribution in [0, 0.1) is 5.82 Å². The lowest BCUT2D eigenvalue weighted by Crippen LogP contribution is -2.11. The predicted molar refractivity (Wildman–Crippen MR) is 69.6 cm³/mol. The van der Waals surface area contributed by atoms with Crippen LogP contribution in [0.2, 0.25) is 0 Å². The Morgan fingerprint density at radius 1 is 1.37 bits per heavy atom. The van der Waals surface area contributed by atoms with Gasteiger partial charge in [-0.1, -0.05) is 12.1 Å². The fourth-order valence-electron chi connectivity index (χ4n) is 1.78. The number of para-hydroxylation sites is 1. The first-order valence-corrected chi connectivity index (χ1v) is 5.77. The number of carboxylic acid groups (broad SMARTS) is 1. The average molecular weight is 260 g/mol. The van der Waals surface area contributed by atoms with Crippen LogP contribution in [0.15, 0.2) is 42.7 Å². The van der Waals surface area contributed by atoms with Gasteiger partial charge >= 0.3 is 5.97 Å². The third kappa shape index (κ3) is 3.07. The Balaban J connectivity index is 2.24. The highest BCUT2D eigenvalue weighted by Gasteiger charge is 2.12. The van der Waals surface area contributed by atoms with E-state index in [4.69, 9.17) is 5.11 Å². The second-order valence-electron chi connectivity index (χ2n) is 4.15. The van der Waals surface area contributed by atoms with Gasteiger partial charge in [0.25, 0.3) is 0 Å². The van der Waals surface area contributed by atoms with Crippen molar-refractivity contribution >= 4 is 11.7 Å². The summed E-state index contributed by atoms with van der Waals surface area (Å²) in [6.07, 6.45) is 2.67. The van der Waals surface area contributed by atoms with E-state index in [-0.39, 0.29) is 11.6 Å². The van der Waals surface area contributed by atoms with Gasteiger partial charge in [0.2, 0.25) is 0 Å². The van der Waals surface area contributed by atoms with Crippen LogP contribution >= 0.6 is 0 Å². The van der Waals surface area contributed by atoms with Gasteiger partial charge < -0.3 is 10.4 Å². The number of benzene rings is 1. The van der Waals surface area contributed by atoms with E-state index in [1.807, 2.05) is 6.92 Å². The van der Waals surface area contributed by atoms with Gasteiger partial charge in [0, 0.05) is 11.9 Å². The quantitative estimate of drug-likeness (QED) is 0.886. The maximum atomic E-state index is 13.1. The number of hydrogen-bond acceptors (Lipinski definition) is 3. The molecular formula is C14H13FN2O2. The van der Waals surface area contributed by atoms with Gasteiger partial charge in [-0.05, 0) is 30.7 Å². The normalized spacial score (nSPS) is 11.9. The number of aromatic nitrogens is 1. The molecule has 1 atom stereocenters. The maximum absolute atomic E-state index is 13.1. The summed E-state index contributed by atoms with van der Waals surface area (Å²) in [4.78, 5) is 14.9. The van der Waals surface area contributed by atoms with Gasteiger partial charge in [0.1, 0.15) is 5.82 Å². The zero-order valence-electron chi connectivity index (χ0n) is 10.3. The monoisotopic (exact) mass is 260 g/mol. The Labute approximate surface area is 109 Å². The molecule has 5 heteroatoms. The van der Waals surface area contributed by atoms with E-state index in [1.165, 1.54) is 12.1 Å². The lowest BCUT2D eigenvalue weighted by atomic mass is 10.1. The van der Waals surface area contributed by atoms with Crippen LogP contribution in [-0.4, -0.2) is 16.1 Å². The van der Waals surface area contributed by atoms with Crippen molar-refractivity contribution in [2.24, 2.45) is 0 Å². The van der Waals surface area contributed by atoms with Crippen LogP contribution in [-0.2, 0) is 0 Å². The number of pyridine rings is 1. The van der Waals surface area contributed by atoms with Crippen molar-refractivity contribution in [3.63, 3.8) is 0 Å². The van der Waals surface area contributed by atoms with E-state index in [2.05, 4.69) is 10.3 Å². The van der Waals surface area contributed by atoms with Crippen molar-refractivity contribution in [1.82, 2.24) is 4.98 Å². The average Bonchev–Trinajstić information content (AvgIpc) is 2.39. The Hall–Kier alpha value is -2.43. The highest BCUT2D eigenvalue weighted by atomic mass is 19.1. The van der Waals surface area contributed by atoms with Crippen LogP contribution in [0.3, 0.4) is 0 Å². The van der Waals surface area contributed by atoms with Crippen LogP contribution < -0.4 is 5.32 Å². The van der Waals surface area contributed by atoms with Gasteiger partial charge in [0.15, 0.2) is 0 Å². The standard InChI is InChI=1S/C14H13FN2O2/c1-9(10-6-11(15)8-16-7-10)17-13-5-3-2-4-12(13)14(18)19/h2-9,17H,1H3,(H,18,19). The molecule has 0 spiro atoms. The molecule has 1 heterocycles. The minimum Gasteiger partial charge on any atom is -0.478 e. The van der Waals surface area contributed by atoms with E-state index >= 15 is 0 Å². The first kappa shape index (κ1) is 13.0. The highest BCUT2D eigenvalue weighted by molar-refractivity contribution is 5.94. The number of rotatable bonds is 4. The number of hydrogen-bond donors (Lipinski definition) is 2. The second-order valence-corrected chi connectivity index (χ2v) is 4.15. The molecule has 1 aromatic heterocycles. The molecule has 2 aromatic rings. The first-order valence-electron chi connectivity index (χ1n) is 5.77. The second kappa shape index (κ2) is 5.48. The topological polar surface area (TPSA) is 62.2 Å². The van der Waals surface area contributed by atoms with Crippen LogP contribution in [0.4, 0.5) is 10.1 Å². The number of nitrogens with one attached hydrogen (secondary N) is 1. The minimum absolute atomic E-state index is 0.179. The van der Waals surface area contributed by atoms with Crippen LogP contribution in [0.1, 0.15) is 28.9 Å². The summed E-state index contributed by atoms with van der Waals surface area (Å²) in [6, 6.07) is 7.71. The molecule has 1 unspecified atom stereocenters. The Bertz CT molecular complexity index is 602. The van der Waals surface area contributed by atoms with Crippen LogP contribution in [0.25, 0.3) is 0 Å². The molecule has 1 aromatic carbocycles. The number of nitrogens with zero attached hydrogens (tertiary/aromatic N) is 1. The van der Waals surface area contributed by atoms with Crippen molar-refractivity contribution in [2.45, 2.75) is 13.0 Å². The number of carbonyl (C=O) groups is 1. The molecule has 0 saturated heterocycles. The fraction of sp³-hybridized carbons (Fsp3) is 0.143. The third-order valence-electron chi connectivity index (χ3n) is 2.76. The molecule has 0 aliphatic carbocycles. The Morgan fingerprint density at radius 2 is 2.11 bits per heavy atom. The third-order valence-corrected chi connectivity index (χ3v) is 2.76. The van der Waals surface area contributed by atoms with E-state index in [9.17, 15) is 9.18 Å². The molecule has 19 heavy (non-hydrogen) atoms. The zero-order valence-corrected chi connectivity index (χ0v) is 10.3. The lowest BCUT2D eigenvalue weighted by molar-refractivity contribution is 0.0698. The van der Waals surface area contributed by atoms with Crippen LogP contribution in [0.5, 0.6) is 0 Å². The zero-order chi connectivity index (χ0) is 13.8. The summed E-state index contributed by atoms with van der Waals surface area (Å²) in [5.41, 5.74) is 1.32. The summed E-state index contributed by atoms with van der Waals surface area (Å²) in [6.45, 7) is 1.81. The summed E-state index contributed by atoms with van der Waals surface area (Å²) >= 11 is 0. The molecular weight excluding hydrogens is 247 g/mol. The largest absolute Gasteiger partial charge is 0.478 e. The van der Waals surface area contributed by atoms with Crippen molar-refractivity contribution < 1.29 is 14.3 Å². The van der Waals surface area contributed by atoms with Gasteiger partial charge in [0.05, 0.1) is 17.8 Å². The van der Waals surface area contributed by atoms with Crippen molar-refractivity contribution in [3.05, 3.63) is 59.7 Å². The lowest BCUT2D eigenvalue weighted by Gasteiger charge is -2.16. The molecule has 4 nitrogen and oxygen atoms in total. The molecule has 0 saturated carbocycles. The molecule has 0 fully saturated rings. The van der Waals surface area contributed by atoms with Gasteiger partial charge in [-0.15, -0.1) is 0 Å². The fourth-order valence-corrected chi connectivity index (χ4v) is 1.78. The maximum Gasteiger partial charge on any atom is 0.337 e.